The van der Waals surface area contributed by atoms with Gasteiger partial charge in [0, 0.05) is 26.1 Å². The third-order valence-electron chi connectivity index (χ3n) is 11.4. The highest BCUT2D eigenvalue weighted by molar-refractivity contribution is 6.38. The Morgan fingerprint density at radius 2 is 1.55 bits per heavy atom. The number of piperidine rings is 1. The first-order valence-corrected chi connectivity index (χ1v) is 21.0. The molecule has 2 saturated heterocycles. The van der Waals surface area contributed by atoms with E-state index in [4.69, 9.17) is 4.74 Å². The molecule has 4 rings (SSSR count). The van der Waals surface area contributed by atoms with Gasteiger partial charge in [0.2, 0.25) is 29.4 Å². The van der Waals surface area contributed by atoms with Crippen LogP contribution in [0.2, 0.25) is 0 Å². The number of benzene rings is 1. The lowest BCUT2D eigenvalue weighted by Crippen LogP contribution is -2.61. The Balaban J connectivity index is 1.45. The lowest BCUT2D eigenvalue weighted by molar-refractivity contribution is -0.152. The molecule has 2 aliphatic heterocycles. The van der Waals surface area contributed by atoms with Crippen molar-refractivity contribution in [3.63, 3.8) is 0 Å². The van der Waals surface area contributed by atoms with Crippen LogP contribution in [0.15, 0.2) is 30.3 Å². The molecule has 3 aliphatic rings. The number of nitrogens with zero attached hydrogens (tertiary/aromatic N) is 1. The first-order valence-electron chi connectivity index (χ1n) is 21.0. The second kappa shape index (κ2) is 23.5. The minimum Gasteiger partial charge on any atom is -0.445 e. The quantitative estimate of drug-likeness (QED) is 0.163. The molecule has 1 aromatic carbocycles. The van der Waals surface area contributed by atoms with E-state index in [1.165, 1.54) is 4.90 Å². The van der Waals surface area contributed by atoms with Crippen molar-refractivity contribution in [2.45, 2.75) is 154 Å². The molecule has 1 saturated carbocycles. The number of rotatable bonds is 11. The summed E-state index contributed by atoms with van der Waals surface area (Å²) < 4.78 is 5.27. The summed E-state index contributed by atoms with van der Waals surface area (Å²) >= 11 is 0. The first-order chi connectivity index (χ1) is 27.1. The number of hydrogen-bond donors (Lipinski definition) is 5. The molecule has 0 aromatic heterocycles. The molecule has 1 aromatic rings. The third-order valence-corrected chi connectivity index (χ3v) is 11.4. The van der Waals surface area contributed by atoms with Gasteiger partial charge in [0.15, 0.2) is 0 Å². The molecule has 14 nitrogen and oxygen atoms in total. The van der Waals surface area contributed by atoms with Crippen LogP contribution in [0, 0.1) is 11.8 Å². The predicted molar refractivity (Wildman–Crippen MR) is 211 cm³/mol. The largest absolute Gasteiger partial charge is 0.445 e. The zero-order valence-electron chi connectivity index (χ0n) is 33.4. The van der Waals surface area contributed by atoms with E-state index in [9.17, 15) is 33.6 Å². The van der Waals surface area contributed by atoms with Gasteiger partial charge in [-0.3, -0.25) is 28.8 Å². The van der Waals surface area contributed by atoms with E-state index in [1.807, 2.05) is 44.2 Å². The Kier molecular flexibility index (Phi) is 18.6. The minimum absolute atomic E-state index is 0.149. The molecule has 3 fully saturated rings. The van der Waals surface area contributed by atoms with Gasteiger partial charge in [-0.15, -0.1) is 0 Å². The summed E-state index contributed by atoms with van der Waals surface area (Å²) in [6.07, 6.45) is 10.4. The van der Waals surface area contributed by atoms with Gasteiger partial charge in [-0.25, -0.2) is 4.79 Å². The molecular weight excluding hydrogens is 716 g/mol. The van der Waals surface area contributed by atoms with Gasteiger partial charge >= 0.3 is 6.09 Å². The number of ketones is 1. The SMILES string of the molecule is CC[C@H](C)C1NC(=O)C2CCCCN2C(=O)C(=O)C(CC2CCCCC2)NC(=O)CCCCCNC(=O)C(CCCCNC(=O)OCc2ccccc2)NC1=O. The molecular formula is C42H64N6O8. The number of hydrogen-bond acceptors (Lipinski definition) is 8. The fourth-order valence-electron chi connectivity index (χ4n) is 7.83. The Labute approximate surface area is 331 Å². The molecule has 5 N–H and O–H groups in total. The van der Waals surface area contributed by atoms with Crippen molar-refractivity contribution in [1.29, 1.82) is 0 Å². The van der Waals surface area contributed by atoms with Gasteiger partial charge in [-0.1, -0.05) is 89.1 Å². The number of carbonyl (C=O) groups is 7. The highest BCUT2D eigenvalue weighted by atomic mass is 16.5. The second-order valence-corrected chi connectivity index (χ2v) is 15.8. The Bertz CT molecular complexity index is 1470. The van der Waals surface area contributed by atoms with E-state index in [1.54, 1.807) is 0 Å². The molecule has 0 spiro atoms. The molecule has 1 aliphatic carbocycles. The molecule has 5 atom stereocenters. The molecule has 0 radical (unpaired) electrons. The Hall–Kier alpha value is -4.49. The number of ether oxygens (including phenoxy) is 1. The monoisotopic (exact) mass is 780 g/mol. The standard InChI is InChI=1S/C42H64N6O8/c1-3-29(2)36-40(53)46-32(21-12-15-25-44-42(55)56-28-31-19-9-5-10-20-31)38(51)43-24-14-6-11-23-35(49)45-33(27-30-17-7-4-8-18-30)37(50)41(54)48-26-16-13-22-34(48)39(52)47-36/h5,9-10,19-20,29-30,32-34,36H,3-4,6-8,11-18,21-28H2,1-2H3,(H,43,51)(H,44,55)(H,45,49)(H,46,53)(H,47,52)/t29-,32?,33?,34?,36?/m0/s1. The zero-order valence-corrected chi connectivity index (χ0v) is 33.4. The maximum Gasteiger partial charge on any atom is 0.407 e. The van der Waals surface area contributed by atoms with Crippen LogP contribution in [0.4, 0.5) is 4.79 Å². The van der Waals surface area contributed by atoms with Gasteiger partial charge in [-0.2, -0.15) is 0 Å². The predicted octanol–water partition coefficient (Wildman–Crippen LogP) is 4.19. The van der Waals surface area contributed by atoms with E-state index in [0.29, 0.717) is 77.3 Å². The fraction of sp³-hybridized carbons (Fsp3) is 0.690. The highest BCUT2D eigenvalue weighted by Crippen LogP contribution is 2.28. The van der Waals surface area contributed by atoms with Crippen LogP contribution >= 0.6 is 0 Å². The average molecular weight is 781 g/mol. The molecule has 14 heteroatoms. The van der Waals surface area contributed by atoms with Crippen molar-refractivity contribution < 1.29 is 38.3 Å². The summed E-state index contributed by atoms with van der Waals surface area (Å²) in [6.45, 7) is 4.76. The van der Waals surface area contributed by atoms with E-state index in [0.717, 1.165) is 37.7 Å². The van der Waals surface area contributed by atoms with Gasteiger partial charge in [0.25, 0.3) is 5.91 Å². The lowest BCUT2D eigenvalue weighted by atomic mass is 9.83. The van der Waals surface area contributed by atoms with E-state index in [2.05, 4.69) is 26.6 Å². The maximum absolute atomic E-state index is 14.0. The Morgan fingerprint density at radius 3 is 2.30 bits per heavy atom. The van der Waals surface area contributed by atoms with Crippen LogP contribution in [0.1, 0.15) is 129 Å². The van der Waals surface area contributed by atoms with Crippen LogP contribution in [0.25, 0.3) is 0 Å². The van der Waals surface area contributed by atoms with Crippen molar-refractivity contribution in [1.82, 2.24) is 31.5 Å². The number of nitrogens with one attached hydrogen (secondary N) is 5. The highest BCUT2D eigenvalue weighted by Gasteiger charge is 2.40. The summed E-state index contributed by atoms with van der Waals surface area (Å²) in [7, 11) is 0. The lowest BCUT2D eigenvalue weighted by Gasteiger charge is -2.36. The van der Waals surface area contributed by atoms with Crippen molar-refractivity contribution in [3.8, 4) is 0 Å². The molecule has 310 valence electrons. The number of amides is 6. The number of alkyl carbamates (subject to hydrolysis) is 1. The summed E-state index contributed by atoms with van der Waals surface area (Å²) in [5.41, 5.74) is 0.872. The van der Waals surface area contributed by atoms with Crippen molar-refractivity contribution in [2.75, 3.05) is 19.6 Å². The molecule has 56 heavy (non-hydrogen) atoms. The van der Waals surface area contributed by atoms with Crippen LogP contribution < -0.4 is 26.6 Å². The summed E-state index contributed by atoms with van der Waals surface area (Å²) in [4.78, 5) is 96.0. The molecule has 6 amide bonds. The third kappa shape index (κ3) is 14.2. The van der Waals surface area contributed by atoms with Gasteiger partial charge in [-0.05, 0) is 75.2 Å². The smallest absolute Gasteiger partial charge is 0.407 e. The first kappa shape index (κ1) is 44.2. The Morgan fingerprint density at radius 1 is 0.821 bits per heavy atom. The topological polar surface area (TPSA) is 192 Å². The van der Waals surface area contributed by atoms with Crippen molar-refractivity contribution in [3.05, 3.63) is 35.9 Å². The van der Waals surface area contributed by atoms with Gasteiger partial charge < -0.3 is 36.2 Å². The van der Waals surface area contributed by atoms with E-state index >= 15 is 0 Å². The molecule has 4 unspecified atom stereocenters. The summed E-state index contributed by atoms with van der Waals surface area (Å²) in [5.74, 6) is -3.25. The normalized spacial score (nSPS) is 24.8. The van der Waals surface area contributed by atoms with Crippen LogP contribution in [0.5, 0.6) is 0 Å². The molecule has 0 bridgehead atoms. The van der Waals surface area contributed by atoms with Crippen molar-refractivity contribution >= 4 is 41.4 Å². The zero-order chi connectivity index (χ0) is 40.3. The number of fused-ring (bicyclic) bond motifs is 1. The van der Waals surface area contributed by atoms with Crippen molar-refractivity contribution in [2.24, 2.45) is 11.8 Å². The number of unbranched alkanes of at least 4 members (excludes halogenated alkanes) is 1. The minimum atomic E-state index is -0.998. The summed E-state index contributed by atoms with van der Waals surface area (Å²) in [6, 6.07) is 5.52. The van der Waals surface area contributed by atoms with Gasteiger partial charge in [0.05, 0.1) is 6.04 Å². The fourth-order valence-corrected chi connectivity index (χ4v) is 7.83. The van der Waals surface area contributed by atoms with Crippen LogP contribution in [0.3, 0.4) is 0 Å². The van der Waals surface area contributed by atoms with Crippen LogP contribution in [-0.4, -0.2) is 90.1 Å². The van der Waals surface area contributed by atoms with Crippen LogP contribution in [-0.2, 0) is 40.1 Å². The van der Waals surface area contributed by atoms with E-state index in [-0.39, 0.29) is 49.6 Å². The maximum atomic E-state index is 14.0. The second-order valence-electron chi connectivity index (χ2n) is 15.8. The molecule has 2 heterocycles. The van der Waals surface area contributed by atoms with Gasteiger partial charge in [0.1, 0.15) is 24.7 Å². The number of Topliss-reactive ketones (excluding diaryl/α,β-unsaturated/α-hetero) is 1. The summed E-state index contributed by atoms with van der Waals surface area (Å²) in [5, 5.41) is 14.3. The van der Waals surface area contributed by atoms with E-state index < -0.39 is 53.8 Å². The average Bonchev–Trinajstić information content (AvgIpc) is 3.21. The number of carbonyl (C=O) groups excluding carboxylic acids is 7.